The minimum atomic E-state index is -0.493. The van der Waals surface area contributed by atoms with E-state index in [4.69, 9.17) is 9.47 Å². The summed E-state index contributed by atoms with van der Waals surface area (Å²) < 4.78 is 10.8. The van der Waals surface area contributed by atoms with Crippen LogP contribution in [0.25, 0.3) is 0 Å². The van der Waals surface area contributed by atoms with Crippen molar-refractivity contribution >= 4 is 12.2 Å². The second kappa shape index (κ2) is 7.56. The van der Waals surface area contributed by atoms with Crippen molar-refractivity contribution in [2.75, 3.05) is 0 Å². The summed E-state index contributed by atoms with van der Waals surface area (Å²) in [5.74, 6) is 0. The average molecular weight is 360 g/mol. The Bertz CT molecular complexity index is 627. The third-order valence-corrected chi connectivity index (χ3v) is 4.87. The number of benzene rings is 1. The number of hydrogen-bond donors (Lipinski definition) is 1. The molecule has 2 fully saturated rings. The lowest BCUT2D eigenvalue weighted by Crippen LogP contribution is -2.53. The largest absolute Gasteiger partial charge is 0.445 e. The van der Waals surface area contributed by atoms with E-state index in [0.717, 1.165) is 31.2 Å². The molecule has 2 saturated heterocycles. The molecule has 26 heavy (non-hydrogen) atoms. The van der Waals surface area contributed by atoms with Gasteiger partial charge in [0.15, 0.2) is 0 Å². The fraction of sp³-hybridized carbons (Fsp3) is 0.600. The van der Waals surface area contributed by atoms with Crippen LogP contribution in [0.1, 0.15) is 52.0 Å². The van der Waals surface area contributed by atoms with E-state index < -0.39 is 11.7 Å². The van der Waals surface area contributed by atoms with Crippen LogP contribution in [0.2, 0.25) is 0 Å². The van der Waals surface area contributed by atoms with Crippen molar-refractivity contribution < 1.29 is 19.1 Å². The molecule has 2 aliphatic heterocycles. The van der Waals surface area contributed by atoms with Gasteiger partial charge in [-0.25, -0.2) is 9.59 Å². The molecule has 142 valence electrons. The lowest BCUT2D eigenvalue weighted by atomic mass is 9.98. The van der Waals surface area contributed by atoms with E-state index in [0.29, 0.717) is 0 Å². The van der Waals surface area contributed by atoms with Crippen LogP contribution in [0, 0.1) is 0 Å². The number of carbonyl (C=O) groups is 2. The van der Waals surface area contributed by atoms with Gasteiger partial charge in [0.25, 0.3) is 0 Å². The highest BCUT2D eigenvalue weighted by Gasteiger charge is 2.45. The van der Waals surface area contributed by atoms with Crippen molar-refractivity contribution in [1.29, 1.82) is 0 Å². The Hall–Kier alpha value is -2.24. The summed E-state index contributed by atoms with van der Waals surface area (Å²) in [4.78, 5) is 26.4. The summed E-state index contributed by atoms with van der Waals surface area (Å²) >= 11 is 0. The van der Waals surface area contributed by atoms with Crippen molar-refractivity contribution in [3.63, 3.8) is 0 Å². The van der Waals surface area contributed by atoms with Crippen molar-refractivity contribution in [2.45, 2.75) is 76.8 Å². The predicted molar refractivity (Wildman–Crippen MR) is 97.7 cm³/mol. The highest BCUT2D eigenvalue weighted by molar-refractivity contribution is 5.70. The summed E-state index contributed by atoms with van der Waals surface area (Å²) in [6.45, 7) is 5.90. The van der Waals surface area contributed by atoms with Gasteiger partial charge in [-0.2, -0.15) is 0 Å². The third kappa shape index (κ3) is 4.68. The lowest BCUT2D eigenvalue weighted by molar-refractivity contribution is 0.00476. The maximum atomic E-state index is 12.5. The first-order valence-corrected chi connectivity index (χ1v) is 9.30. The molecule has 0 aromatic heterocycles. The summed E-state index contributed by atoms with van der Waals surface area (Å²) in [6, 6.07) is 9.90. The maximum Gasteiger partial charge on any atom is 0.410 e. The standard InChI is InChI=1S/C20H28N2O4/c1-20(2,3)26-19(24)22-16-9-10-17(22)12-15(11-16)21-18(23)25-13-14-7-5-4-6-8-14/h4-8,15-17H,9-13H2,1-3H3,(H,21,23)/t15?,16-,17?/m0/s1. The molecular formula is C20H28N2O4. The summed E-state index contributed by atoms with van der Waals surface area (Å²) in [7, 11) is 0. The minimum absolute atomic E-state index is 0.0365. The Labute approximate surface area is 154 Å². The molecule has 0 spiro atoms. The molecule has 6 nitrogen and oxygen atoms in total. The summed E-state index contributed by atoms with van der Waals surface area (Å²) in [5.41, 5.74) is 0.467. The maximum absolute atomic E-state index is 12.5. The molecule has 0 saturated carbocycles. The second-order valence-corrected chi connectivity index (χ2v) is 8.15. The SMILES string of the molecule is CC(C)(C)OC(=O)N1C2CC[C@H]1CC(NC(=O)OCc1ccccc1)C2. The first-order valence-electron chi connectivity index (χ1n) is 9.30. The van der Waals surface area contributed by atoms with E-state index in [1.54, 1.807) is 0 Å². The normalized spacial score (nSPS) is 24.9. The number of fused-ring (bicyclic) bond motifs is 2. The number of piperidine rings is 1. The van der Waals surface area contributed by atoms with Crippen molar-refractivity contribution in [3.8, 4) is 0 Å². The zero-order valence-electron chi connectivity index (χ0n) is 15.7. The molecule has 3 rings (SSSR count). The van der Waals surface area contributed by atoms with E-state index in [1.165, 1.54) is 0 Å². The monoisotopic (exact) mass is 360 g/mol. The zero-order valence-corrected chi connectivity index (χ0v) is 15.7. The van der Waals surface area contributed by atoms with E-state index in [9.17, 15) is 9.59 Å². The molecule has 0 aliphatic carbocycles. The molecule has 1 N–H and O–H groups in total. The highest BCUT2D eigenvalue weighted by Crippen LogP contribution is 2.36. The first-order chi connectivity index (χ1) is 12.3. The molecule has 2 heterocycles. The quantitative estimate of drug-likeness (QED) is 0.889. The minimum Gasteiger partial charge on any atom is -0.445 e. The van der Waals surface area contributed by atoms with E-state index in [1.807, 2.05) is 56.0 Å². The number of amides is 2. The molecule has 2 unspecified atom stereocenters. The Morgan fingerprint density at radius 2 is 1.73 bits per heavy atom. The van der Waals surface area contributed by atoms with E-state index in [2.05, 4.69) is 5.32 Å². The van der Waals surface area contributed by atoms with E-state index in [-0.39, 0.29) is 30.8 Å². The number of rotatable bonds is 3. The molecule has 3 atom stereocenters. The van der Waals surface area contributed by atoms with Gasteiger partial charge in [0, 0.05) is 18.1 Å². The fourth-order valence-electron chi connectivity index (χ4n) is 3.84. The highest BCUT2D eigenvalue weighted by atomic mass is 16.6. The Morgan fingerprint density at radius 3 is 2.31 bits per heavy atom. The summed E-state index contributed by atoms with van der Waals surface area (Å²) in [5, 5.41) is 2.96. The van der Waals surface area contributed by atoms with Crippen LogP contribution in [0.5, 0.6) is 0 Å². The van der Waals surface area contributed by atoms with Crippen LogP contribution >= 0.6 is 0 Å². The molecule has 2 aliphatic rings. The predicted octanol–water partition coefficient (Wildman–Crippen LogP) is 3.84. The van der Waals surface area contributed by atoms with Gasteiger partial charge in [-0.1, -0.05) is 30.3 Å². The Balaban J connectivity index is 1.49. The van der Waals surface area contributed by atoms with Gasteiger partial charge >= 0.3 is 12.2 Å². The molecular weight excluding hydrogens is 332 g/mol. The fourth-order valence-corrected chi connectivity index (χ4v) is 3.84. The molecule has 1 aromatic carbocycles. The number of nitrogens with zero attached hydrogens (tertiary/aromatic N) is 1. The van der Waals surface area contributed by atoms with Crippen molar-refractivity contribution in [1.82, 2.24) is 10.2 Å². The van der Waals surface area contributed by atoms with Crippen LogP contribution in [0.3, 0.4) is 0 Å². The zero-order chi connectivity index (χ0) is 18.7. The molecule has 0 radical (unpaired) electrons. The van der Waals surface area contributed by atoms with Crippen molar-refractivity contribution in [2.24, 2.45) is 0 Å². The first kappa shape index (κ1) is 18.5. The number of carbonyl (C=O) groups excluding carboxylic acids is 2. The number of alkyl carbamates (subject to hydrolysis) is 1. The smallest absolute Gasteiger partial charge is 0.410 e. The number of nitrogens with one attached hydrogen (secondary N) is 1. The van der Waals surface area contributed by atoms with E-state index >= 15 is 0 Å². The topological polar surface area (TPSA) is 67.9 Å². The van der Waals surface area contributed by atoms with Gasteiger partial charge in [0.05, 0.1) is 0 Å². The average Bonchev–Trinajstić information content (AvgIpc) is 2.84. The molecule has 2 bridgehead atoms. The van der Waals surface area contributed by atoms with Crippen LogP contribution in [-0.2, 0) is 16.1 Å². The van der Waals surface area contributed by atoms with Crippen LogP contribution in [0.15, 0.2) is 30.3 Å². The van der Waals surface area contributed by atoms with Gasteiger partial charge in [-0.3, -0.25) is 0 Å². The Morgan fingerprint density at radius 1 is 1.12 bits per heavy atom. The lowest BCUT2D eigenvalue weighted by Gasteiger charge is -2.39. The van der Waals surface area contributed by atoms with Gasteiger partial charge in [-0.05, 0) is 52.0 Å². The molecule has 1 aromatic rings. The van der Waals surface area contributed by atoms with Crippen LogP contribution in [0.4, 0.5) is 9.59 Å². The van der Waals surface area contributed by atoms with Gasteiger partial charge in [0.1, 0.15) is 12.2 Å². The van der Waals surface area contributed by atoms with Gasteiger partial charge in [0.2, 0.25) is 0 Å². The number of hydrogen-bond acceptors (Lipinski definition) is 4. The molecule has 6 heteroatoms. The number of ether oxygens (including phenoxy) is 2. The third-order valence-electron chi connectivity index (χ3n) is 4.87. The second-order valence-electron chi connectivity index (χ2n) is 8.15. The van der Waals surface area contributed by atoms with Crippen LogP contribution < -0.4 is 5.32 Å². The Kier molecular flexibility index (Phi) is 5.39. The van der Waals surface area contributed by atoms with Gasteiger partial charge in [-0.15, -0.1) is 0 Å². The van der Waals surface area contributed by atoms with Crippen molar-refractivity contribution in [3.05, 3.63) is 35.9 Å². The van der Waals surface area contributed by atoms with Gasteiger partial charge < -0.3 is 19.7 Å². The van der Waals surface area contributed by atoms with Crippen LogP contribution in [-0.4, -0.2) is 40.8 Å². The molecule has 2 amide bonds. The summed E-state index contributed by atoms with van der Waals surface area (Å²) in [6.07, 6.45) is 2.77.